The number of rotatable bonds is 6. The molecular formula is C28H33N5O. The number of ether oxygens (including phenoxy) is 1. The van der Waals surface area contributed by atoms with E-state index < -0.39 is 0 Å². The van der Waals surface area contributed by atoms with Crippen LogP contribution in [-0.2, 0) is 17.8 Å². The summed E-state index contributed by atoms with van der Waals surface area (Å²) in [6.45, 7) is 6.40. The van der Waals surface area contributed by atoms with E-state index in [2.05, 4.69) is 82.4 Å². The molecule has 0 bridgehead atoms. The van der Waals surface area contributed by atoms with Gasteiger partial charge in [0.15, 0.2) is 0 Å². The van der Waals surface area contributed by atoms with Crippen molar-refractivity contribution in [3.05, 3.63) is 72.7 Å². The van der Waals surface area contributed by atoms with Gasteiger partial charge in [0.2, 0.25) is 0 Å². The number of aromatic nitrogens is 4. The van der Waals surface area contributed by atoms with Crippen molar-refractivity contribution in [2.45, 2.75) is 58.0 Å². The van der Waals surface area contributed by atoms with Gasteiger partial charge in [-0.25, -0.2) is 9.67 Å². The lowest BCUT2D eigenvalue weighted by Gasteiger charge is -2.22. The monoisotopic (exact) mass is 455 g/mol. The van der Waals surface area contributed by atoms with E-state index in [0.29, 0.717) is 12.0 Å². The average molecular weight is 456 g/mol. The topological polar surface area (TPSA) is 48.1 Å². The summed E-state index contributed by atoms with van der Waals surface area (Å²) in [6.07, 6.45) is 10.8. The highest BCUT2D eigenvalue weighted by Gasteiger charge is 2.29. The van der Waals surface area contributed by atoms with Crippen LogP contribution in [-0.4, -0.2) is 43.4 Å². The molecular weight excluding hydrogens is 422 g/mol. The summed E-state index contributed by atoms with van der Waals surface area (Å²) in [7, 11) is 0. The Balaban J connectivity index is 1.14. The zero-order chi connectivity index (χ0) is 22.9. The zero-order valence-electron chi connectivity index (χ0n) is 19.9. The van der Waals surface area contributed by atoms with E-state index in [9.17, 15) is 0 Å². The van der Waals surface area contributed by atoms with E-state index in [1.165, 1.54) is 23.9 Å². The molecule has 6 rings (SSSR count). The highest BCUT2D eigenvalue weighted by molar-refractivity contribution is 5.79. The minimum Gasteiger partial charge on any atom is -0.357 e. The van der Waals surface area contributed by atoms with Crippen molar-refractivity contribution in [1.29, 1.82) is 0 Å². The Bertz CT molecular complexity index is 1240. The van der Waals surface area contributed by atoms with Crippen molar-refractivity contribution in [2.75, 3.05) is 13.2 Å². The lowest BCUT2D eigenvalue weighted by Crippen LogP contribution is -2.26. The Morgan fingerprint density at radius 3 is 2.82 bits per heavy atom. The standard InChI is InChI=1S/C28H33N5O/c1-21-15-23(19-32(21)17-22-7-3-2-4-8-22)18-31-13-12-26-27(31)11-10-25(30-26)24-16-29-33(20-24)28-9-5-6-14-34-28/h2-4,7-8,10-13,16,20-21,23,28H,5-6,9,14-15,17-19H2,1H3/t21-,23-,28?/m0/s1. The molecule has 176 valence electrons. The summed E-state index contributed by atoms with van der Waals surface area (Å²) >= 11 is 0. The van der Waals surface area contributed by atoms with E-state index >= 15 is 0 Å². The molecule has 5 heterocycles. The molecule has 2 fully saturated rings. The summed E-state index contributed by atoms with van der Waals surface area (Å²) in [5.41, 5.74) is 5.67. The van der Waals surface area contributed by atoms with Crippen molar-refractivity contribution < 1.29 is 4.74 Å². The molecule has 2 saturated heterocycles. The molecule has 2 aliphatic rings. The van der Waals surface area contributed by atoms with E-state index in [1.807, 2.05) is 10.9 Å². The van der Waals surface area contributed by atoms with Gasteiger partial charge in [0, 0.05) is 50.2 Å². The van der Waals surface area contributed by atoms with E-state index in [4.69, 9.17) is 9.72 Å². The molecule has 0 aliphatic carbocycles. The van der Waals surface area contributed by atoms with Gasteiger partial charge in [-0.2, -0.15) is 5.10 Å². The van der Waals surface area contributed by atoms with Crippen molar-refractivity contribution in [3.8, 4) is 11.3 Å². The van der Waals surface area contributed by atoms with Crippen LogP contribution in [0.2, 0.25) is 0 Å². The van der Waals surface area contributed by atoms with Crippen LogP contribution in [0, 0.1) is 5.92 Å². The normalized spacial score (nSPS) is 23.6. The largest absolute Gasteiger partial charge is 0.357 e. The second-order valence-electron chi connectivity index (χ2n) is 9.96. The predicted octanol–water partition coefficient (Wildman–Crippen LogP) is 5.51. The number of nitrogens with zero attached hydrogens (tertiary/aromatic N) is 5. The minimum atomic E-state index is 0.0579. The molecule has 0 amide bonds. The average Bonchev–Trinajstić information content (AvgIpc) is 3.60. The van der Waals surface area contributed by atoms with Crippen molar-refractivity contribution >= 4 is 11.0 Å². The van der Waals surface area contributed by atoms with Crippen LogP contribution in [0.3, 0.4) is 0 Å². The maximum atomic E-state index is 5.87. The third-order valence-electron chi connectivity index (χ3n) is 7.45. The van der Waals surface area contributed by atoms with Crippen LogP contribution in [0.5, 0.6) is 0 Å². The second kappa shape index (κ2) is 9.35. The Labute approximate surface area is 201 Å². The molecule has 0 N–H and O–H groups in total. The number of benzene rings is 1. The quantitative estimate of drug-likeness (QED) is 0.385. The molecule has 6 heteroatoms. The third kappa shape index (κ3) is 4.40. The third-order valence-corrected chi connectivity index (χ3v) is 7.45. The molecule has 0 spiro atoms. The van der Waals surface area contributed by atoms with Gasteiger partial charge in [-0.1, -0.05) is 30.3 Å². The van der Waals surface area contributed by atoms with Gasteiger partial charge in [0.25, 0.3) is 0 Å². The first-order chi connectivity index (χ1) is 16.7. The Kier molecular flexibility index (Phi) is 5.93. The zero-order valence-corrected chi connectivity index (χ0v) is 19.9. The van der Waals surface area contributed by atoms with Crippen LogP contribution < -0.4 is 0 Å². The van der Waals surface area contributed by atoms with Gasteiger partial charge in [-0.3, -0.25) is 4.90 Å². The maximum Gasteiger partial charge on any atom is 0.150 e. The summed E-state index contributed by atoms with van der Waals surface area (Å²) in [6, 6.07) is 17.9. The van der Waals surface area contributed by atoms with Crippen molar-refractivity contribution in [1.82, 2.24) is 24.2 Å². The van der Waals surface area contributed by atoms with Crippen LogP contribution in [0.15, 0.2) is 67.1 Å². The Morgan fingerprint density at radius 1 is 1.06 bits per heavy atom. The summed E-state index contributed by atoms with van der Waals surface area (Å²) in [5.74, 6) is 0.655. The highest BCUT2D eigenvalue weighted by atomic mass is 16.5. The molecule has 34 heavy (non-hydrogen) atoms. The van der Waals surface area contributed by atoms with Crippen LogP contribution in [0.25, 0.3) is 22.3 Å². The van der Waals surface area contributed by atoms with Gasteiger partial charge < -0.3 is 9.30 Å². The van der Waals surface area contributed by atoms with Gasteiger partial charge in [-0.05, 0) is 62.3 Å². The molecule has 6 nitrogen and oxygen atoms in total. The second-order valence-corrected chi connectivity index (χ2v) is 9.96. The highest BCUT2D eigenvalue weighted by Crippen LogP contribution is 2.29. The van der Waals surface area contributed by atoms with E-state index in [1.54, 1.807) is 0 Å². The van der Waals surface area contributed by atoms with Gasteiger partial charge in [-0.15, -0.1) is 0 Å². The van der Waals surface area contributed by atoms with Crippen LogP contribution in [0.1, 0.15) is 44.4 Å². The predicted molar refractivity (Wildman–Crippen MR) is 134 cm³/mol. The first kappa shape index (κ1) is 21.6. The van der Waals surface area contributed by atoms with Crippen molar-refractivity contribution in [3.63, 3.8) is 0 Å². The summed E-state index contributed by atoms with van der Waals surface area (Å²) in [4.78, 5) is 7.58. The lowest BCUT2D eigenvalue weighted by atomic mass is 10.1. The molecule has 1 aromatic carbocycles. The number of pyridine rings is 1. The fraction of sp³-hybridized carbons (Fsp3) is 0.429. The fourth-order valence-corrected chi connectivity index (χ4v) is 5.62. The van der Waals surface area contributed by atoms with Gasteiger partial charge in [0.1, 0.15) is 6.23 Å². The Morgan fingerprint density at radius 2 is 1.97 bits per heavy atom. The molecule has 4 aromatic rings. The first-order valence-corrected chi connectivity index (χ1v) is 12.6. The molecule has 1 unspecified atom stereocenters. The van der Waals surface area contributed by atoms with Crippen LogP contribution in [0.4, 0.5) is 0 Å². The maximum absolute atomic E-state index is 5.87. The van der Waals surface area contributed by atoms with Crippen molar-refractivity contribution in [2.24, 2.45) is 5.92 Å². The Hall–Kier alpha value is -2.96. The lowest BCUT2D eigenvalue weighted by molar-refractivity contribution is -0.0394. The van der Waals surface area contributed by atoms with E-state index in [-0.39, 0.29) is 6.23 Å². The molecule has 3 atom stereocenters. The molecule has 3 aromatic heterocycles. The fourth-order valence-electron chi connectivity index (χ4n) is 5.62. The van der Waals surface area contributed by atoms with Crippen LogP contribution >= 0.6 is 0 Å². The molecule has 0 radical (unpaired) electrons. The van der Waals surface area contributed by atoms with E-state index in [0.717, 1.165) is 55.9 Å². The number of hydrogen-bond acceptors (Lipinski definition) is 4. The smallest absolute Gasteiger partial charge is 0.150 e. The van der Waals surface area contributed by atoms with Gasteiger partial charge in [0.05, 0.1) is 22.9 Å². The molecule has 2 aliphatic heterocycles. The number of hydrogen-bond donors (Lipinski definition) is 0. The first-order valence-electron chi connectivity index (χ1n) is 12.6. The number of likely N-dealkylation sites (tertiary alicyclic amines) is 1. The molecule has 0 saturated carbocycles. The number of fused-ring (bicyclic) bond motifs is 1. The minimum absolute atomic E-state index is 0.0579. The SMILES string of the molecule is C[C@H]1C[C@@H](Cn2ccc3nc(-c4cnn(C5CCCCO5)c4)ccc32)CN1Cc1ccccc1. The summed E-state index contributed by atoms with van der Waals surface area (Å²) < 4.78 is 10.2. The van der Waals surface area contributed by atoms with Gasteiger partial charge >= 0.3 is 0 Å². The summed E-state index contributed by atoms with van der Waals surface area (Å²) in [5, 5.41) is 4.56.